The molecule has 120 valence electrons. The third-order valence-electron chi connectivity index (χ3n) is 4.14. The van der Waals surface area contributed by atoms with Gasteiger partial charge in [-0.2, -0.15) is 5.10 Å². The number of nitrogens with zero attached hydrogens (tertiary/aromatic N) is 1. The van der Waals surface area contributed by atoms with Gasteiger partial charge in [0.05, 0.1) is 0 Å². The van der Waals surface area contributed by atoms with Crippen LogP contribution in [0.1, 0.15) is 40.0 Å². The Morgan fingerprint density at radius 1 is 1.36 bits per heavy atom. The molecule has 22 heavy (non-hydrogen) atoms. The SMILES string of the molecule is CC1CCC(C(C)C)/C(=N/NC(=S)Nc2cccc(Cl)c2)C1. The minimum Gasteiger partial charge on any atom is -0.331 e. The number of hydrogen-bond acceptors (Lipinski definition) is 2. The highest BCUT2D eigenvalue weighted by Crippen LogP contribution is 2.31. The van der Waals surface area contributed by atoms with Crippen LogP contribution in [0.5, 0.6) is 0 Å². The second-order valence-electron chi connectivity index (χ2n) is 6.42. The maximum atomic E-state index is 5.97. The fourth-order valence-corrected chi connectivity index (χ4v) is 3.29. The minimum atomic E-state index is 0.496. The fourth-order valence-electron chi connectivity index (χ4n) is 2.94. The lowest BCUT2D eigenvalue weighted by molar-refractivity contribution is 0.363. The van der Waals surface area contributed by atoms with Crippen LogP contribution in [-0.4, -0.2) is 10.8 Å². The predicted octanol–water partition coefficient (Wildman–Crippen LogP) is 5.07. The fraction of sp³-hybridized carbons (Fsp3) is 0.529. The first-order valence-electron chi connectivity index (χ1n) is 7.84. The van der Waals surface area contributed by atoms with Crippen molar-refractivity contribution >= 4 is 40.3 Å². The van der Waals surface area contributed by atoms with Gasteiger partial charge in [-0.15, -0.1) is 0 Å². The van der Waals surface area contributed by atoms with Crippen molar-refractivity contribution in [2.75, 3.05) is 5.32 Å². The number of hydrazone groups is 1. The standard InChI is InChI=1S/C17H24ClN3S/c1-11(2)15-8-7-12(3)9-16(15)20-21-17(22)19-14-6-4-5-13(18)10-14/h4-6,10-12,15H,7-9H2,1-3H3,(H2,19,21,22)/b20-16+. The quantitative estimate of drug-likeness (QED) is 0.597. The van der Waals surface area contributed by atoms with Crippen LogP contribution in [0.4, 0.5) is 5.69 Å². The molecule has 2 N–H and O–H groups in total. The van der Waals surface area contributed by atoms with Crippen LogP contribution >= 0.6 is 23.8 Å². The van der Waals surface area contributed by atoms with Crippen LogP contribution in [0.15, 0.2) is 29.4 Å². The Kier molecular flexibility index (Phi) is 6.21. The van der Waals surface area contributed by atoms with Gasteiger partial charge in [0, 0.05) is 22.3 Å². The van der Waals surface area contributed by atoms with E-state index in [-0.39, 0.29) is 0 Å². The molecule has 5 heteroatoms. The predicted molar refractivity (Wildman–Crippen MR) is 99.6 cm³/mol. The van der Waals surface area contributed by atoms with E-state index >= 15 is 0 Å². The Labute approximate surface area is 143 Å². The van der Waals surface area contributed by atoms with Crippen molar-refractivity contribution in [3.63, 3.8) is 0 Å². The van der Waals surface area contributed by atoms with E-state index in [9.17, 15) is 0 Å². The normalized spacial score (nSPS) is 23.6. The Morgan fingerprint density at radius 3 is 2.82 bits per heavy atom. The van der Waals surface area contributed by atoms with Crippen molar-refractivity contribution in [3.8, 4) is 0 Å². The minimum absolute atomic E-state index is 0.496. The summed E-state index contributed by atoms with van der Waals surface area (Å²) in [6.07, 6.45) is 3.55. The van der Waals surface area contributed by atoms with Gasteiger partial charge in [0.25, 0.3) is 0 Å². The summed E-state index contributed by atoms with van der Waals surface area (Å²) in [5.41, 5.74) is 5.09. The second-order valence-corrected chi connectivity index (χ2v) is 7.26. The molecule has 0 spiro atoms. The van der Waals surface area contributed by atoms with E-state index in [4.69, 9.17) is 23.8 Å². The highest BCUT2D eigenvalue weighted by Gasteiger charge is 2.27. The molecule has 1 fully saturated rings. The number of nitrogens with one attached hydrogen (secondary N) is 2. The van der Waals surface area contributed by atoms with Crippen molar-refractivity contribution in [1.82, 2.24) is 5.43 Å². The molecule has 0 aliphatic heterocycles. The number of anilines is 1. The zero-order valence-electron chi connectivity index (χ0n) is 13.4. The number of rotatable bonds is 3. The van der Waals surface area contributed by atoms with E-state index in [1.807, 2.05) is 24.3 Å². The lowest BCUT2D eigenvalue weighted by atomic mass is 9.76. The molecule has 2 atom stereocenters. The van der Waals surface area contributed by atoms with Crippen LogP contribution < -0.4 is 10.7 Å². The lowest BCUT2D eigenvalue weighted by Crippen LogP contribution is -2.32. The molecule has 2 rings (SSSR count). The molecule has 1 aliphatic carbocycles. The molecular formula is C17H24ClN3S. The van der Waals surface area contributed by atoms with Crippen LogP contribution in [0, 0.1) is 17.8 Å². The maximum Gasteiger partial charge on any atom is 0.191 e. The summed E-state index contributed by atoms with van der Waals surface area (Å²) in [5.74, 6) is 1.87. The van der Waals surface area contributed by atoms with Crippen LogP contribution in [0.25, 0.3) is 0 Å². The van der Waals surface area contributed by atoms with Gasteiger partial charge in [0.15, 0.2) is 5.11 Å². The van der Waals surface area contributed by atoms with Gasteiger partial charge >= 0.3 is 0 Å². The zero-order valence-corrected chi connectivity index (χ0v) is 15.0. The highest BCUT2D eigenvalue weighted by molar-refractivity contribution is 7.80. The first-order chi connectivity index (χ1) is 10.5. The van der Waals surface area contributed by atoms with Gasteiger partial charge < -0.3 is 5.32 Å². The van der Waals surface area contributed by atoms with Gasteiger partial charge in [0.2, 0.25) is 0 Å². The largest absolute Gasteiger partial charge is 0.331 e. The molecule has 0 radical (unpaired) electrons. The van der Waals surface area contributed by atoms with Gasteiger partial charge in [-0.3, -0.25) is 5.43 Å². The molecule has 0 heterocycles. The second kappa shape index (κ2) is 7.93. The Morgan fingerprint density at radius 2 is 2.14 bits per heavy atom. The molecule has 0 amide bonds. The van der Waals surface area contributed by atoms with E-state index in [2.05, 4.69) is 36.6 Å². The van der Waals surface area contributed by atoms with E-state index in [0.29, 0.717) is 27.9 Å². The van der Waals surface area contributed by atoms with Gasteiger partial charge in [-0.1, -0.05) is 38.4 Å². The average molecular weight is 338 g/mol. The van der Waals surface area contributed by atoms with E-state index in [0.717, 1.165) is 12.1 Å². The molecule has 2 unspecified atom stereocenters. The number of benzene rings is 1. The van der Waals surface area contributed by atoms with Gasteiger partial charge in [-0.25, -0.2) is 0 Å². The van der Waals surface area contributed by atoms with Crippen LogP contribution in [0.2, 0.25) is 5.02 Å². The van der Waals surface area contributed by atoms with E-state index in [1.54, 1.807) is 0 Å². The summed E-state index contributed by atoms with van der Waals surface area (Å²) in [6, 6.07) is 7.48. The van der Waals surface area contributed by atoms with Crippen molar-refractivity contribution in [1.29, 1.82) is 0 Å². The molecule has 0 bridgehead atoms. The molecule has 0 saturated heterocycles. The first kappa shape index (κ1) is 17.2. The highest BCUT2D eigenvalue weighted by atomic mass is 35.5. The van der Waals surface area contributed by atoms with Crippen molar-refractivity contribution < 1.29 is 0 Å². The zero-order chi connectivity index (χ0) is 16.1. The molecular weight excluding hydrogens is 314 g/mol. The average Bonchev–Trinajstić information content (AvgIpc) is 2.45. The molecule has 0 aromatic heterocycles. The molecule has 3 nitrogen and oxygen atoms in total. The van der Waals surface area contributed by atoms with Crippen LogP contribution in [-0.2, 0) is 0 Å². The smallest absolute Gasteiger partial charge is 0.191 e. The van der Waals surface area contributed by atoms with Crippen molar-refractivity contribution in [2.45, 2.75) is 40.0 Å². The van der Waals surface area contributed by atoms with E-state index < -0.39 is 0 Å². The molecule has 1 saturated carbocycles. The monoisotopic (exact) mass is 337 g/mol. The first-order valence-corrected chi connectivity index (χ1v) is 8.63. The third kappa shape index (κ3) is 4.96. The number of hydrogen-bond donors (Lipinski definition) is 2. The summed E-state index contributed by atoms with van der Waals surface area (Å²) in [6.45, 7) is 6.81. The summed E-state index contributed by atoms with van der Waals surface area (Å²) < 4.78 is 0. The van der Waals surface area contributed by atoms with Gasteiger partial charge in [0.1, 0.15) is 0 Å². The Hall–Kier alpha value is -1.13. The topological polar surface area (TPSA) is 36.4 Å². The summed E-state index contributed by atoms with van der Waals surface area (Å²) in [7, 11) is 0. The Bertz CT molecular complexity index is 557. The summed E-state index contributed by atoms with van der Waals surface area (Å²) in [5, 5.41) is 8.87. The summed E-state index contributed by atoms with van der Waals surface area (Å²) in [4.78, 5) is 0. The lowest BCUT2D eigenvalue weighted by Gasteiger charge is -2.30. The maximum absolute atomic E-state index is 5.97. The van der Waals surface area contributed by atoms with Crippen molar-refractivity contribution in [3.05, 3.63) is 29.3 Å². The van der Waals surface area contributed by atoms with Crippen LogP contribution in [0.3, 0.4) is 0 Å². The Balaban J connectivity index is 1.97. The van der Waals surface area contributed by atoms with E-state index in [1.165, 1.54) is 18.6 Å². The molecule has 1 aromatic rings. The third-order valence-corrected chi connectivity index (χ3v) is 4.57. The summed E-state index contributed by atoms with van der Waals surface area (Å²) >= 11 is 11.3. The molecule has 1 aliphatic rings. The number of thiocarbonyl (C=S) groups is 1. The van der Waals surface area contributed by atoms with Crippen molar-refractivity contribution in [2.24, 2.45) is 22.9 Å². The number of halogens is 1. The molecule has 1 aromatic carbocycles. The van der Waals surface area contributed by atoms with Gasteiger partial charge in [-0.05, 0) is 61.5 Å².